The monoisotopic (exact) mass is 436 g/mol. The molecule has 1 amide bonds. The van der Waals surface area contributed by atoms with E-state index in [1.54, 1.807) is 0 Å². The fourth-order valence-corrected chi connectivity index (χ4v) is 4.43. The van der Waals surface area contributed by atoms with Gasteiger partial charge in [0.1, 0.15) is 0 Å². The molecule has 1 aliphatic carbocycles. The molecule has 0 unspecified atom stereocenters. The van der Waals surface area contributed by atoms with Gasteiger partial charge in [-0.1, -0.05) is 6.58 Å². The Morgan fingerprint density at radius 2 is 2.03 bits per heavy atom. The van der Waals surface area contributed by atoms with Gasteiger partial charge in [0.2, 0.25) is 15.9 Å². The molecule has 2 heterocycles. The normalized spacial score (nSPS) is 17.5. The van der Waals surface area contributed by atoms with Crippen molar-refractivity contribution in [2.45, 2.75) is 36.7 Å². The van der Waals surface area contributed by atoms with Crippen LogP contribution in [0, 0.1) is 5.92 Å². The second kappa shape index (κ2) is 8.17. The van der Waals surface area contributed by atoms with Crippen LogP contribution in [-0.4, -0.2) is 42.6 Å². The molecule has 1 saturated heterocycles. The van der Waals surface area contributed by atoms with Gasteiger partial charge in [-0.15, -0.1) is 0 Å². The number of carbonyl (C=O) groups excluding carboxylic acids is 1. The van der Waals surface area contributed by atoms with Gasteiger partial charge in [0.15, 0.2) is 0 Å². The topological polar surface area (TPSA) is 153 Å². The second-order valence-corrected chi connectivity index (χ2v) is 9.41. The van der Waals surface area contributed by atoms with Crippen LogP contribution in [0.25, 0.3) is 10.9 Å². The molecule has 2 aromatic rings. The maximum atomic E-state index is 12.5. The zero-order valence-electron chi connectivity index (χ0n) is 16.5. The fourth-order valence-electron chi connectivity index (χ4n) is 2.94. The smallest absolute Gasteiger partial charge is 0.328 e. The highest BCUT2D eigenvalue weighted by atomic mass is 32.2. The van der Waals surface area contributed by atoms with Crippen LogP contribution in [0.3, 0.4) is 0 Å². The van der Waals surface area contributed by atoms with E-state index in [1.807, 2.05) is 6.92 Å². The van der Waals surface area contributed by atoms with E-state index in [-0.39, 0.29) is 16.2 Å². The van der Waals surface area contributed by atoms with E-state index in [9.17, 15) is 22.8 Å². The number of aromatic nitrogens is 2. The quantitative estimate of drug-likeness (QED) is 0.534. The first kappa shape index (κ1) is 21.9. The Morgan fingerprint density at radius 1 is 1.40 bits per heavy atom. The third kappa shape index (κ3) is 4.86. The van der Waals surface area contributed by atoms with Crippen molar-refractivity contribution < 1.29 is 17.9 Å². The van der Waals surface area contributed by atoms with Gasteiger partial charge in [-0.3, -0.25) is 19.1 Å². The van der Waals surface area contributed by atoms with E-state index < -0.39 is 32.7 Å². The van der Waals surface area contributed by atoms with Gasteiger partial charge in [0.05, 0.1) is 29.0 Å². The van der Waals surface area contributed by atoms with Crippen molar-refractivity contribution in [1.29, 1.82) is 0 Å². The molecule has 1 aromatic carbocycles. The SMILES string of the molecule is C=CC(N)=O.CC1(NS(=O)(=O)c2ccc3c(c2)c(=O)[nH]c(=O)n3CC2COC2)CC1. The van der Waals surface area contributed by atoms with Gasteiger partial charge >= 0.3 is 5.69 Å². The number of nitrogens with one attached hydrogen (secondary N) is 2. The first-order valence-electron chi connectivity index (χ1n) is 9.35. The molecule has 11 heteroatoms. The number of sulfonamides is 1. The zero-order valence-corrected chi connectivity index (χ0v) is 17.3. The van der Waals surface area contributed by atoms with Crippen LogP contribution in [0.15, 0.2) is 45.3 Å². The lowest BCUT2D eigenvalue weighted by Gasteiger charge is -2.26. The fraction of sp³-hybridized carbons (Fsp3) is 0.421. The van der Waals surface area contributed by atoms with Crippen LogP contribution in [0.4, 0.5) is 0 Å². The number of aromatic amines is 1. The second-order valence-electron chi connectivity index (χ2n) is 7.72. The summed E-state index contributed by atoms with van der Waals surface area (Å²) in [5.41, 5.74) is 3.48. The Hall–Kier alpha value is -2.76. The summed E-state index contributed by atoms with van der Waals surface area (Å²) in [6, 6.07) is 4.29. The van der Waals surface area contributed by atoms with Gasteiger partial charge in [0, 0.05) is 18.0 Å². The van der Waals surface area contributed by atoms with Crippen LogP contribution in [-0.2, 0) is 26.1 Å². The first-order valence-corrected chi connectivity index (χ1v) is 10.8. The molecule has 4 N–H and O–H groups in total. The molecule has 0 radical (unpaired) electrons. The maximum Gasteiger partial charge on any atom is 0.328 e. The number of carbonyl (C=O) groups is 1. The number of ether oxygens (including phenoxy) is 1. The van der Waals surface area contributed by atoms with Crippen LogP contribution in [0.1, 0.15) is 19.8 Å². The molecule has 4 rings (SSSR count). The van der Waals surface area contributed by atoms with Crippen molar-refractivity contribution in [2.24, 2.45) is 11.7 Å². The summed E-state index contributed by atoms with van der Waals surface area (Å²) in [6.07, 6.45) is 2.65. The molecule has 0 bridgehead atoms. The molecular weight excluding hydrogens is 412 g/mol. The summed E-state index contributed by atoms with van der Waals surface area (Å²) in [7, 11) is -3.71. The average Bonchev–Trinajstić information content (AvgIpc) is 3.36. The predicted octanol–water partition coefficient (Wildman–Crippen LogP) is -0.175. The lowest BCUT2D eigenvalue weighted by atomic mass is 10.1. The molecular formula is C19H24N4O6S. The van der Waals surface area contributed by atoms with E-state index in [2.05, 4.69) is 22.0 Å². The number of hydrogen-bond acceptors (Lipinski definition) is 6. The zero-order chi connectivity index (χ0) is 22.1. The van der Waals surface area contributed by atoms with Crippen LogP contribution >= 0.6 is 0 Å². The Labute approximate surface area is 172 Å². The Morgan fingerprint density at radius 3 is 2.53 bits per heavy atom. The largest absolute Gasteiger partial charge is 0.381 e. The molecule has 1 saturated carbocycles. The number of rotatable bonds is 6. The third-order valence-electron chi connectivity index (χ3n) is 5.01. The summed E-state index contributed by atoms with van der Waals surface area (Å²) in [5, 5.41) is 0.184. The van der Waals surface area contributed by atoms with Gasteiger partial charge in [-0.25, -0.2) is 17.9 Å². The van der Waals surface area contributed by atoms with Gasteiger partial charge in [0.25, 0.3) is 5.56 Å². The number of nitrogens with zero attached hydrogens (tertiary/aromatic N) is 1. The molecule has 162 valence electrons. The summed E-state index contributed by atoms with van der Waals surface area (Å²) in [5.74, 6) is -0.267. The Bertz CT molecular complexity index is 1210. The van der Waals surface area contributed by atoms with Gasteiger partial charge in [-0.2, -0.15) is 0 Å². The molecule has 0 atom stereocenters. The van der Waals surface area contributed by atoms with Crippen molar-refractivity contribution in [3.63, 3.8) is 0 Å². The molecule has 0 spiro atoms. The highest BCUT2D eigenvalue weighted by molar-refractivity contribution is 7.89. The summed E-state index contributed by atoms with van der Waals surface area (Å²) in [4.78, 5) is 36.1. The Balaban J connectivity index is 0.000000461. The van der Waals surface area contributed by atoms with Crippen molar-refractivity contribution in [3.8, 4) is 0 Å². The number of fused-ring (bicyclic) bond motifs is 1. The van der Waals surface area contributed by atoms with Crippen molar-refractivity contribution in [1.82, 2.24) is 14.3 Å². The number of amides is 1. The lowest BCUT2D eigenvalue weighted by Crippen LogP contribution is -2.38. The third-order valence-corrected chi connectivity index (χ3v) is 6.65. The number of nitrogens with two attached hydrogens (primary N) is 1. The van der Waals surface area contributed by atoms with Crippen molar-refractivity contribution in [3.05, 3.63) is 51.7 Å². The molecule has 10 nitrogen and oxygen atoms in total. The number of H-pyrrole nitrogens is 1. The summed E-state index contributed by atoms with van der Waals surface area (Å²) < 4.78 is 34.3. The molecule has 2 fully saturated rings. The van der Waals surface area contributed by atoms with Crippen molar-refractivity contribution in [2.75, 3.05) is 13.2 Å². The standard InChI is InChI=1S/C16H19N3O5S.C3H5NO/c1-16(4-5-16)18-25(22,23)11-2-3-13-12(6-11)14(20)17-15(21)19(13)7-10-8-24-9-10;1-2-3(4)5/h2-3,6,10,18H,4-5,7-9H2,1H3,(H,17,20,21);2H,1H2,(H2,4,5). The molecule has 1 aliphatic heterocycles. The van der Waals surface area contributed by atoms with E-state index in [0.29, 0.717) is 25.3 Å². The molecule has 30 heavy (non-hydrogen) atoms. The predicted molar refractivity (Wildman–Crippen MR) is 110 cm³/mol. The minimum absolute atomic E-state index is 0.0239. The maximum absolute atomic E-state index is 12.5. The number of hydrogen-bond donors (Lipinski definition) is 3. The first-order chi connectivity index (χ1) is 14.0. The summed E-state index contributed by atoms with van der Waals surface area (Å²) in [6.45, 7) is 6.50. The Kier molecular flexibility index (Phi) is 5.97. The minimum atomic E-state index is -3.71. The summed E-state index contributed by atoms with van der Waals surface area (Å²) >= 11 is 0. The minimum Gasteiger partial charge on any atom is -0.381 e. The highest BCUT2D eigenvalue weighted by Crippen LogP contribution is 2.36. The molecule has 1 aromatic heterocycles. The average molecular weight is 436 g/mol. The van der Waals surface area contributed by atoms with Crippen LogP contribution in [0.2, 0.25) is 0 Å². The van der Waals surface area contributed by atoms with Gasteiger partial charge in [-0.05, 0) is 44.0 Å². The van der Waals surface area contributed by atoms with Gasteiger partial charge < -0.3 is 10.5 Å². The number of primary amides is 1. The highest BCUT2D eigenvalue weighted by Gasteiger charge is 2.41. The number of benzene rings is 1. The van der Waals surface area contributed by atoms with E-state index in [1.165, 1.54) is 22.8 Å². The van der Waals surface area contributed by atoms with Crippen LogP contribution < -0.4 is 21.7 Å². The van der Waals surface area contributed by atoms with E-state index in [4.69, 9.17) is 4.74 Å². The lowest BCUT2D eigenvalue weighted by molar-refractivity contribution is -0.113. The van der Waals surface area contributed by atoms with E-state index >= 15 is 0 Å². The van der Waals surface area contributed by atoms with Crippen molar-refractivity contribution >= 4 is 26.8 Å². The molecule has 2 aliphatic rings. The van der Waals surface area contributed by atoms with E-state index in [0.717, 1.165) is 18.9 Å². The van der Waals surface area contributed by atoms with Crippen LogP contribution in [0.5, 0.6) is 0 Å².